The van der Waals surface area contributed by atoms with Crippen LogP contribution < -0.4 is 4.90 Å². The molecule has 0 aromatic carbocycles. The molecule has 1 aliphatic heterocycles. The summed E-state index contributed by atoms with van der Waals surface area (Å²) in [6.45, 7) is 3.32. The van der Waals surface area contributed by atoms with Gasteiger partial charge in [-0.15, -0.1) is 0 Å². The van der Waals surface area contributed by atoms with Gasteiger partial charge in [-0.3, -0.25) is 4.79 Å². The third kappa shape index (κ3) is 2.56. The standard InChI is InChI=1S/C11H16N2O3S2/c1-7-10(8(2)14)17-11(12-7)13(3)9-4-5-18(15,16)6-9/h9H,4-6H2,1-3H3. The molecule has 5 nitrogen and oxygen atoms in total. The van der Waals surface area contributed by atoms with Gasteiger partial charge in [0.15, 0.2) is 20.8 Å². The summed E-state index contributed by atoms with van der Waals surface area (Å²) in [6, 6.07) is -0.0274. The monoisotopic (exact) mass is 288 g/mol. The van der Waals surface area contributed by atoms with Crippen LogP contribution >= 0.6 is 11.3 Å². The van der Waals surface area contributed by atoms with Crippen molar-refractivity contribution < 1.29 is 13.2 Å². The molecule has 1 atom stereocenters. The fraction of sp³-hybridized carbons (Fsp3) is 0.636. The van der Waals surface area contributed by atoms with Gasteiger partial charge < -0.3 is 4.90 Å². The van der Waals surface area contributed by atoms with Crippen molar-refractivity contribution in [2.24, 2.45) is 0 Å². The summed E-state index contributed by atoms with van der Waals surface area (Å²) in [4.78, 5) is 18.3. The molecule has 1 aromatic heterocycles. The second kappa shape index (κ2) is 4.62. The molecule has 0 radical (unpaired) electrons. The largest absolute Gasteiger partial charge is 0.347 e. The number of thiazole rings is 1. The van der Waals surface area contributed by atoms with Gasteiger partial charge in [0.25, 0.3) is 0 Å². The highest BCUT2D eigenvalue weighted by Crippen LogP contribution is 2.29. The Balaban J connectivity index is 2.22. The average molecular weight is 288 g/mol. The number of carbonyl (C=O) groups excluding carboxylic acids is 1. The lowest BCUT2D eigenvalue weighted by atomic mass is 10.2. The second-order valence-electron chi connectivity index (χ2n) is 4.63. The fourth-order valence-corrected chi connectivity index (χ4v) is 4.87. The van der Waals surface area contributed by atoms with Crippen molar-refractivity contribution in [3.63, 3.8) is 0 Å². The lowest BCUT2D eigenvalue weighted by molar-refractivity contribution is 0.102. The number of anilines is 1. The van der Waals surface area contributed by atoms with Crippen molar-refractivity contribution in [3.05, 3.63) is 10.6 Å². The molecule has 1 aliphatic rings. The topological polar surface area (TPSA) is 67.3 Å². The molecule has 1 unspecified atom stereocenters. The van der Waals surface area contributed by atoms with Crippen LogP contribution in [0, 0.1) is 6.92 Å². The van der Waals surface area contributed by atoms with E-state index >= 15 is 0 Å². The first-order valence-corrected chi connectivity index (χ1v) is 8.35. The van der Waals surface area contributed by atoms with E-state index in [1.807, 2.05) is 11.9 Å². The Morgan fingerprint density at radius 2 is 2.17 bits per heavy atom. The molecule has 18 heavy (non-hydrogen) atoms. The molecule has 1 aromatic rings. The fourth-order valence-electron chi connectivity index (χ4n) is 2.10. The molecular weight excluding hydrogens is 272 g/mol. The molecule has 1 saturated heterocycles. The highest BCUT2D eigenvalue weighted by molar-refractivity contribution is 7.91. The third-order valence-electron chi connectivity index (χ3n) is 3.16. The molecule has 7 heteroatoms. The summed E-state index contributed by atoms with van der Waals surface area (Å²) in [5.74, 6) is 0.424. The Kier molecular flexibility index (Phi) is 3.46. The Hall–Kier alpha value is -0.950. The van der Waals surface area contributed by atoms with Crippen molar-refractivity contribution in [1.82, 2.24) is 4.98 Å². The molecule has 0 N–H and O–H groups in total. The quantitative estimate of drug-likeness (QED) is 0.784. The van der Waals surface area contributed by atoms with Gasteiger partial charge in [0.05, 0.1) is 22.1 Å². The molecule has 0 saturated carbocycles. The van der Waals surface area contributed by atoms with E-state index in [-0.39, 0.29) is 23.3 Å². The SMILES string of the molecule is CC(=O)c1sc(N(C)C2CCS(=O)(=O)C2)nc1C. The lowest BCUT2D eigenvalue weighted by Gasteiger charge is -2.22. The number of aromatic nitrogens is 1. The van der Waals surface area contributed by atoms with E-state index in [4.69, 9.17) is 0 Å². The second-order valence-corrected chi connectivity index (χ2v) is 7.84. The first kappa shape index (κ1) is 13.5. The van der Waals surface area contributed by atoms with Crippen molar-refractivity contribution in [1.29, 1.82) is 0 Å². The lowest BCUT2D eigenvalue weighted by Crippen LogP contribution is -2.32. The summed E-state index contributed by atoms with van der Waals surface area (Å²) < 4.78 is 22.9. The Morgan fingerprint density at radius 3 is 2.61 bits per heavy atom. The van der Waals surface area contributed by atoms with Crippen LogP contribution in [0.2, 0.25) is 0 Å². The molecule has 0 aliphatic carbocycles. The summed E-state index contributed by atoms with van der Waals surface area (Å²) in [5, 5.41) is 0.722. The minimum atomic E-state index is -2.90. The molecule has 0 amide bonds. The van der Waals surface area contributed by atoms with E-state index in [1.165, 1.54) is 18.3 Å². The van der Waals surface area contributed by atoms with Crippen LogP contribution in [0.15, 0.2) is 0 Å². The molecular formula is C11H16N2O3S2. The molecule has 2 heterocycles. The maximum atomic E-state index is 11.5. The van der Waals surface area contributed by atoms with Gasteiger partial charge in [-0.2, -0.15) is 0 Å². The summed E-state index contributed by atoms with van der Waals surface area (Å²) in [5.41, 5.74) is 0.718. The average Bonchev–Trinajstić information content (AvgIpc) is 2.80. The highest BCUT2D eigenvalue weighted by Gasteiger charge is 2.32. The third-order valence-corrected chi connectivity index (χ3v) is 6.26. The van der Waals surface area contributed by atoms with Gasteiger partial charge in [-0.25, -0.2) is 13.4 Å². The van der Waals surface area contributed by atoms with Crippen molar-refractivity contribution in [3.8, 4) is 0 Å². The minimum absolute atomic E-state index is 0.00342. The van der Waals surface area contributed by atoms with Crippen LogP contribution in [0.4, 0.5) is 5.13 Å². The van der Waals surface area contributed by atoms with Gasteiger partial charge in [0.1, 0.15) is 0 Å². The Labute approximate surface area is 111 Å². The van der Waals surface area contributed by atoms with Crippen molar-refractivity contribution in [2.75, 3.05) is 23.5 Å². The Bertz CT molecular complexity index is 577. The number of carbonyl (C=O) groups is 1. The summed E-state index contributed by atoms with van der Waals surface area (Å²) in [6.07, 6.45) is 0.632. The molecule has 100 valence electrons. The van der Waals surface area contributed by atoms with Gasteiger partial charge in [-0.05, 0) is 13.3 Å². The van der Waals surface area contributed by atoms with Gasteiger partial charge in [0, 0.05) is 20.0 Å². The normalized spacial score (nSPS) is 22.1. The van der Waals surface area contributed by atoms with E-state index in [1.54, 1.807) is 6.92 Å². The number of Topliss-reactive ketones (excluding diaryl/α,β-unsaturated/α-hetero) is 1. The van der Waals surface area contributed by atoms with E-state index < -0.39 is 9.84 Å². The van der Waals surface area contributed by atoms with Crippen LogP contribution in [-0.2, 0) is 9.84 Å². The smallest absolute Gasteiger partial charge is 0.186 e. The predicted octanol–water partition coefficient (Wildman–Crippen LogP) is 1.28. The van der Waals surface area contributed by atoms with Gasteiger partial charge in [0.2, 0.25) is 0 Å². The summed E-state index contributed by atoms with van der Waals surface area (Å²) >= 11 is 1.33. The summed E-state index contributed by atoms with van der Waals surface area (Å²) in [7, 11) is -1.06. The predicted molar refractivity (Wildman–Crippen MR) is 72.3 cm³/mol. The molecule has 0 bridgehead atoms. The van der Waals surface area contributed by atoms with Crippen molar-refractivity contribution in [2.45, 2.75) is 26.3 Å². The number of hydrogen-bond donors (Lipinski definition) is 0. The maximum absolute atomic E-state index is 11.5. The molecule has 2 rings (SSSR count). The van der Waals surface area contributed by atoms with E-state index in [0.29, 0.717) is 11.3 Å². The number of sulfone groups is 1. The molecule has 0 spiro atoms. The zero-order valence-electron chi connectivity index (χ0n) is 10.6. The Morgan fingerprint density at radius 1 is 1.50 bits per heavy atom. The highest BCUT2D eigenvalue weighted by atomic mass is 32.2. The molecule has 1 fully saturated rings. The van der Waals surface area contributed by atoms with Crippen LogP contribution in [0.5, 0.6) is 0 Å². The first-order chi connectivity index (χ1) is 8.30. The number of hydrogen-bond acceptors (Lipinski definition) is 6. The van der Waals surface area contributed by atoms with Crippen LogP contribution in [0.25, 0.3) is 0 Å². The van der Waals surface area contributed by atoms with E-state index in [2.05, 4.69) is 4.98 Å². The number of rotatable bonds is 3. The first-order valence-electron chi connectivity index (χ1n) is 5.72. The zero-order chi connectivity index (χ0) is 13.5. The minimum Gasteiger partial charge on any atom is -0.347 e. The van der Waals surface area contributed by atoms with Gasteiger partial charge in [-0.1, -0.05) is 11.3 Å². The number of ketones is 1. The van der Waals surface area contributed by atoms with Gasteiger partial charge >= 0.3 is 0 Å². The zero-order valence-corrected chi connectivity index (χ0v) is 12.3. The van der Waals surface area contributed by atoms with Crippen LogP contribution in [0.3, 0.4) is 0 Å². The number of aryl methyl sites for hydroxylation is 1. The maximum Gasteiger partial charge on any atom is 0.186 e. The van der Waals surface area contributed by atoms with E-state index in [9.17, 15) is 13.2 Å². The van der Waals surface area contributed by atoms with E-state index in [0.717, 1.165) is 10.8 Å². The van der Waals surface area contributed by atoms with Crippen molar-refractivity contribution >= 4 is 32.1 Å². The van der Waals surface area contributed by atoms with Crippen LogP contribution in [0.1, 0.15) is 28.7 Å². The van der Waals surface area contributed by atoms with Crippen LogP contribution in [-0.4, -0.2) is 43.8 Å². The number of nitrogens with zero attached hydrogens (tertiary/aromatic N) is 2.